The van der Waals surface area contributed by atoms with Crippen molar-refractivity contribution in [2.24, 2.45) is 0 Å². The summed E-state index contributed by atoms with van der Waals surface area (Å²) in [6, 6.07) is -0.804. The normalized spacial score (nSPS) is 14.5. The summed E-state index contributed by atoms with van der Waals surface area (Å²) in [6.07, 6.45) is 78.8. The third-order valence-electron chi connectivity index (χ3n) is 13.3. The topological polar surface area (TPSA) is 108 Å². The number of rotatable bonds is 55. The number of nitrogens with one attached hydrogen (secondary N) is 1. The van der Waals surface area contributed by atoms with Crippen molar-refractivity contribution in [2.45, 2.75) is 270 Å². The van der Waals surface area contributed by atoms with Gasteiger partial charge in [-0.05, 0) is 77.0 Å². The van der Waals surface area contributed by atoms with E-state index in [0.717, 1.165) is 89.9 Å². The van der Waals surface area contributed by atoms with E-state index in [1.807, 2.05) is 21.1 Å². The monoisotopic (exact) mass is 1050 g/mol. The predicted octanol–water partition coefficient (Wildman–Crippen LogP) is 18.4. The molecule has 0 bridgehead atoms. The number of unbranched alkanes of at least 4 members (excludes halogenated alkanes) is 26. The summed E-state index contributed by atoms with van der Waals surface area (Å²) in [5.41, 5.74) is 0. The van der Waals surface area contributed by atoms with Crippen molar-refractivity contribution < 1.29 is 32.9 Å². The summed E-state index contributed by atoms with van der Waals surface area (Å²) >= 11 is 0. The second-order valence-corrected chi connectivity index (χ2v) is 23.1. The Hall–Kier alpha value is -2.58. The molecule has 0 saturated carbocycles. The van der Waals surface area contributed by atoms with Crippen molar-refractivity contribution in [1.82, 2.24) is 5.32 Å². The Morgan fingerprint density at radius 1 is 0.486 bits per heavy atom. The largest absolute Gasteiger partial charge is 0.756 e. The van der Waals surface area contributed by atoms with E-state index < -0.39 is 20.0 Å². The van der Waals surface area contributed by atoms with Crippen LogP contribution in [-0.2, 0) is 18.4 Å². The van der Waals surface area contributed by atoms with E-state index in [0.29, 0.717) is 23.9 Å². The summed E-state index contributed by atoms with van der Waals surface area (Å²) in [5.74, 6) is -0.168. The average Bonchev–Trinajstić information content (AvgIpc) is 3.36. The highest BCUT2D eigenvalue weighted by Gasteiger charge is 2.24. The molecule has 0 aromatic carbocycles. The van der Waals surface area contributed by atoms with Crippen LogP contribution in [0.1, 0.15) is 258 Å². The van der Waals surface area contributed by atoms with E-state index >= 15 is 0 Å². The summed E-state index contributed by atoms with van der Waals surface area (Å²) < 4.78 is 23.4. The zero-order valence-electron chi connectivity index (χ0n) is 48.8. The van der Waals surface area contributed by atoms with Crippen LogP contribution in [-0.4, -0.2) is 68.5 Å². The molecule has 0 spiro atoms. The van der Waals surface area contributed by atoms with Crippen LogP contribution in [0.3, 0.4) is 0 Å². The molecule has 0 aliphatic rings. The lowest BCUT2D eigenvalue weighted by atomic mass is 10.0. The van der Waals surface area contributed by atoms with Crippen LogP contribution in [0.2, 0.25) is 0 Å². The maximum absolute atomic E-state index is 13.0. The van der Waals surface area contributed by atoms with E-state index in [1.165, 1.54) is 141 Å². The third-order valence-corrected chi connectivity index (χ3v) is 14.3. The molecule has 0 radical (unpaired) electrons. The Kier molecular flexibility index (Phi) is 53.3. The number of quaternary nitrogens is 1. The number of hydrogen-bond donors (Lipinski definition) is 2. The highest BCUT2D eigenvalue weighted by molar-refractivity contribution is 7.45. The van der Waals surface area contributed by atoms with Crippen LogP contribution in [0.25, 0.3) is 0 Å². The number of hydrogen-bond acceptors (Lipinski definition) is 6. The number of amides is 1. The molecule has 428 valence electrons. The number of aliphatic hydroxyl groups is 1. The summed E-state index contributed by atoms with van der Waals surface area (Å²) in [7, 11) is 1.30. The van der Waals surface area contributed by atoms with Gasteiger partial charge in [0, 0.05) is 6.42 Å². The Bertz CT molecular complexity index is 1520. The summed E-state index contributed by atoms with van der Waals surface area (Å²) in [5, 5.41) is 14.0. The van der Waals surface area contributed by atoms with Gasteiger partial charge in [-0.25, -0.2) is 0 Å². The van der Waals surface area contributed by atoms with Gasteiger partial charge in [0.05, 0.1) is 39.9 Å². The fourth-order valence-electron chi connectivity index (χ4n) is 8.59. The van der Waals surface area contributed by atoms with Gasteiger partial charge in [-0.1, -0.05) is 272 Å². The quantitative estimate of drug-likeness (QED) is 0.0272. The lowest BCUT2D eigenvalue weighted by molar-refractivity contribution is -0.870. The lowest BCUT2D eigenvalue weighted by Gasteiger charge is -2.30. The van der Waals surface area contributed by atoms with Crippen LogP contribution < -0.4 is 10.2 Å². The van der Waals surface area contributed by atoms with Crippen LogP contribution in [0.5, 0.6) is 0 Å². The predicted molar refractivity (Wildman–Crippen MR) is 320 cm³/mol. The number of phosphoric acid groups is 1. The standard InChI is InChI=1S/C65H117N2O6P/c1-6-8-10-12-14-16-18-20-21-22-23-24-25-26-27-28-29-30-31-32-33-34-35-36-37-38-39-40-41-42-43-44-45-47-49-51-53-55-57-59-65(69)66-63(62-73-74(70,71)72-61-60-67(3,4)5)64(68)58-56-54-52-50-48-46-19-17-15-13-11-9-7-2/h8,10,14,16,20-21,23-24,26-27,29-30,32-33,35-36,63-64,68H,6-7,9,11-13,15,17-19,22,25,28,31,34,37-62H2,1-5H3,(H-,66,69,70,71)/b10-8-,16-14-,21-20-,24-23-,27-26-,30-29-,33-32-,36-35-. The van der Waals surface area contributed by atoms with Crippen LogP contribution in [0.15, 0.2) is 97.2 Å². The van der Waals surface area contributed by atoms with E-state index in [2.05, 4.69) is 116 Å². The SMILES string of the molecule is CC/C=C\C/C=C\C/C=C\C/C=C\C/C=C\C/C=C\C/C=C\C/C=C\CCCCCCCCCCCCCCCCC(=O)NC(COP(=O)([O-])OCC[N+](C)(C)C)C(O)CCCCCCCCCCCCCCC. The van der Waals surface area contributed by atoms with Gasteiger partial charge in [-0.3, -0.25) is 9.36 Å². The zero-order chi connectivity index (χ0) is 54.2. The van der Waals surface area contributed by atoms with Gasteiger partial charge in [-0.15, -0.1) is 0 Å². The molecule has 3 unspecified atom stereocenters. The minimum atomic E-state index is -4.57. The van der Waals surface area contributed by atoms with Crippen LogP contribution in [0, 0.1) is 0 Å². The van der Waals surface area contributed by atoms with Gasteiger partial charge < -0.3 is 28.8 Å². The molecule has 8 nitrogen and oxygen atoms in total. The number of aliphatic hydroxyl groups excluding tert-OH is 1. The molecule has 0 heterocycles. The molecular formula is C65H117N2O6P. The molecule has 3 atom stereocenters. The van der Waals surface area contributed by atoms with Gasteiger partial charge in [0.1, 0.15) is 13.2 Å². The molecule has 0 aliphatic heterocycles. The number of carbonyl (C=O) groups excluding carboxylic acids is 1. The van der Waals surface area contributed by atoms with Gasteiger partial charge >= 0.3 is 0 Å². The Morgan fingerprint density at radius 2 is 0.824 bits per heavy atom. The number of carbonyl (C=O) groups is 1. The molecule has 0 rings (SSSR count). The maximum atomic E-state index is 13.0. The van der Waals surface area contributed by atoms with Crippen molar-refractivity contribution in [3.05, 3.63) is 97.2 Å². The molecule has 0 aliphatic carbocycles. The maximum Gasteiger partial charge on any atom is 0.268 e. The fourth-order valence-corrected chi connectivity index (χ4v) is 9.31. The lowest BCUT2D eigenvalue weighted by Crippen LogP contribution is -2.46. The number of nitrogens with zero attached hydrogens (tertiary/aromatic N) is 1. The van der Waals surface area contributed by atoms with Crippen LogP contribution >= 0.6 is 7.82 Å². The number of likely N-dealkylation sites (N-methyl/N-ethyl adjacent to an activating group) is 1. The van der Waals surface area contributed by atoms with Gasteiger partial charge in [0.2, 0.25) is 5.91 Å². The van der Waals surface area contributed by atoms with Crippen molar-refractivity contribution in [3.8, 4) is 0 Å². The first kappa shape index (κ1) is 71.4. The second kappa shape index (κ2) is 55.2. The molecule has 74 heavy (non-hydrogen) atoms. The first-order chi connectivity index (χ1) is 36.0. The van der Waals surface area contributed by atoms with Crippen LogP contribution in [0.4, 0.5) is 0 Å². The Morgan fingerprint density at radius 3 is 1.20 bits per heavy atom. The molecule has 0 aromatic rings. The minimum Gasteiger partial charge on any atom is -0.756 e. The second-order valence-electron chi connectivity index (χ2n) is 21.7. The first-order valence-corrected chi connectivity index (χ1v) is 32.0. The molecule has 1 amide bonds. The van der Waals surface area contributed by atoms with Crippen molar-refractivity contribution in [2.75, 3.05) is 40.9 Å². The molecule has 2 N–H and O–H groups in total. The molecule has 0 fully saturated rings. The Balaban J connectivity index is 3.99. The minimum absolute atomic E-state index is 0.00954. The molecular weight excluding hydrogens is 936 g/mol. The van der Waals surface area contributed by atoms with Gasteiger partial charge in [0.25, 0.3) is 7.82 Å². The number of phosphoric ester groups is 1. The van der Waals surface area contributed by atoms with Crippen molar-refractivity contribution in [1.29, 1.82) is 0 Å². The van der Waals surface area contributed by atoms with E-state index in [1.54, 1.807) is 0 Å². The van der Waals surface area contributed by atoms with Gasteiger partial charge in [0.15, 0.2) is 0 Å². The molecule has 0 aromatic heterocycles. The Labute approximate surface area is 458 Å². The van der Waals surface area contributed by atoms with Crippen molar-refractivity contribution >= 4 is 13.7 Å². The highest BCUT2D eigenvalue weighted by atomic mass is 31.2. The summed E-state index contributed by atoms with van der Waals surface area (Å²) in [6.45, 7) is 4.61. The number of allylic oxidation sites excluding steroid dienone is 16. The van der Waals surface area contributed by atoms with Crippen molar-refractivity contribution in [3.63, 3.8) is 0 Å². The zero-order valence-corrected chi connectivity index (χ0v) is 49.7. The van der Waals surface area contributed by atoms with Gasteiger partial charge in [-0.2, -0.15) is 0 Å². The van der Waals surface area contributed by atoms with E-state index in [4.69, 9.17) is 9.05 Å². The molecule has 9 heteroatoms. The molecule has 0 saturated heterocycles. The fraction of sp³-hybridized carbons (Fsp3) is 0.738. The van der Waals surface area contributed by atoms with E-state index in [9.17, 15) is 19.4 Å². The summed E-state index contributed by atoms with van der Waals surface area (Å²) in [4.78, 5) is 25.5. The third kappa shape index (κ3) is 57.1. The van der Waals surface area contributed by atoms with E-state index in [-0.39, 0.29) is 19.1 Å². The first-order valence-electron chi connectivity index (χ1n) is 30.6. The average molecular weight is 1050 g/mol. The smallest absolute Gasteiger partial charge is 0.268 e. The highest BCUT2D eigenvalue weighted by Crippen LogP contribution is 2.38.